The number of rotatable bonds is 3. The lowest BCUT2D eigenvalue weighted by molar-refractivity contribution is 0.145. The lowest BCUT2D eigenvalue weighted by Gasteiger charge is -2.29. The van der Waals surface area contributed by atoms with Gasteiger partial charge in [0.25, 0.3) is 0 Å². The van der Waals surface area contributed by atoms with E-state index in [1.807, 2.05) is 30.5 Å². The Morgan fingerprint density at radius 1 is 1.40 bits per heavy atom. The molecule has 0 bridgehead atoms. The number of carbonyl (C=O) groups excluding carboxylic acids is 1. The average molecular weight is 386 g/mol. The number of thioether (sulfide) groups is 1. The molecule has 5 nitrogen and oxygen atoms in total. The van der Waals surface area contributed by atoms with Crippen molar-refractivity contribution in [3.8, 4) is 0 Å². The van der Waals surface area contributed by atoms with E-state index >= 15 is 0 Å². The van der Waals surface area contributed by atoms with Crippen molar-refractivity contribution in [2.75, 3.05) is 47.5 Å². The molecule has 2 aliphatic heterocycles. The summed E-state index contributed by atoms with van der Waals surface area (Å²) in [5, 5.41) is 0. The summed E-state index contributed by atoms with van der Waals surface area (Å²) in [4.78, 5) is 16.2. The van der Waals surface area contributed by atoms with Crippen molar-refractivity contribution in [1.82, 2.24) is 0 Å². The number of cyclic esters (lactones) is 1. The number of ether oxygens (including phenoxy) is 1. The molecule has 3 rings (SSSR count). The summed E-state index contributed by atoms with van der Waals surface area (Å²) >= 11 is 6.42. The summed E-state index contributed by atoms with van der Waals surface area (Å²) in [6.07, 6.45) is -0.786. The second-order valence-electron chi connectivity index (χ2n) is 6.00. The van der Waals surface area contributed by atoms with E-state index in [1.165, 1.54) is 11.0 Å². The number of hydrogen-bond acceptors (Lipinski definition) is 6. The van der Waals surface area contributed by atoms with Crippen LogP contribution in [-0.4, -0.2) is 54.7 Å². The maximum Gasteiger partial charge on any atom is 0.414 e. The van der Waals surface area contributed by atoms with Crippen LogP contribution < -0.4 is 15.5 Å². The first-order chi connectivity index (χ1) is 11.9. The summed E-state index contributed by atoms with van der Waals surface area (Å²) in [5.41, 5.74) is 6.62. The summed E-state index contributed by atoms with van der Waals surface area (Å²) in [6, 6.07) is 4.90. The number of halogens is 1. The van der Waals surface area contributed by atoms with E-state index in [-0.39, 0.29) is 18.5 Å². The third-order valence-electron chi connectivity index (χ3n) is 3.73. The molecule has 2 fully saturated rings. The van der Waals surface area contributed by atoms with Gasteiger partial charge in [-0.2, -0.15) is 11.8 Å². The molecule has 2 heterocycles. The summed E-state index contributed by atoms with van der Waals surface area (Å²) < 4.78 is 19.4. The minimum absolute atomic E-state index is 0.272. The number of hydrogen-bond donors (Lipinski definition) is 1. The van der Waals surface area contributed by atoms with Crippen LogP contribution in [0, 0.1) is 5.82 Å². The predicted octanol–water partition coefficient (Wildman–Crippen LogP) is 3.06. The largest absolute Gasteiger partial charge is 0.443 e. The van der Waals surface area contributed by atoms with Crippen molar-refractivity contribution >= 4 is 46.3 Å². The fourth-order valence-corrected chi connectivity index (χ4v) is 3.48. The highest BCUT2D eigenvalue weighted by Gasteiger charge is 2.32. The molecule has 138 valence electrons. The van der Waals surface area contributed by atoms with Crippen LogP contribution in [0.15, 0.2) is 18.2 Å². The quantitative estimate of drug-likeness (QED) is 0.807. The molecule has 1 aromatic carbocycles. The van der Waals surface area contributed by atoms with Gasteiger partial charge >= 0.3 is 6.09 Å². The van der Waals surface area contributed by atoms with Gasteiger partial charge in [-0.1, -0.05) is 12.2 Å². The van der Waals surface area contributed by atoms with Crippen LogP contribution in [0.1, 0.15) is 13.8 Å². The van der Waals surface area contributed by atoms with E-state index in [9.17, 15) is 9.18 Å². The van der Waals surface area contributed by atoms with Crippen LogP contribution in [0.2, 0.25) is 0 Å². The second kappa shape index (κ2) is 9.35. The Bertz CT molecular complexity index is 620. The number of carbonyl (C=O) groups is 1. The Labute approximate surface area is 157 Å². The Kier molecular flexibility index (Phi) is 7.46. The van der Waals surface area contributed by atoms with Crippen molar-refractivity contribution in [1.29, 1.82) is 0 Å². The predicted molar refractivity (Wildman–Crippen MR) is 107 cm³/mol. The second-order valence-corrected chi connectivity index (χ2v) is 8.04. The van der Waals surface area contributed by atoms with Gasteiger partial charge < -0.3 is 15.4 Å². The molecular formula is C17H24FN3O2S2. The third-order valence-corrected chi connectivity index (χ3v) is 4.67. The first kappa shape index (κ1) is 19.9. The molecule has 2 saturated heterocycles. The van der Waals surface area contributed by atoms with Crippen molar-refractivity contribution in [2.45, 2.75) is 20.0 Å². The standard InChI is InChI=1S/C14H18FN3O2S.C3H6S/c15-12-7-10(18-9-11(8-16)20-14(18)19)1-2-13(12)17-3-5-21-6-4-17;1-3(2)4/h1-2,7,11H,3-6,8-9,16H2;1-2H3/t11-;/m0./s1. The number of anilines is 2. The molecule has 2 N–H and O–H groups in total. The smallest absolute Gasteiger partial charge is 0.414 e. The molecular weight excluding hydrogens is 361 g/mol. The topological polar surface area (TPSA) is 58.8 Å². The minimum Gasteiger partial charge on any atom is -0.443 e. The third kappa shape index (κ3) is 5.55. The van der Waals surface area contributed by atoms with E-state index < -0.39 is 6.09 Å². The zero-order valence-electron chi connectivity index (χ0n) is 14.5. The highest BCUT2D eigenvalue weighted by molar-refractivity contribution is 7.99. The van der Waals surface area contributed by atoms with E-state index in [4.69, 9.17) is 10.5 Å². The number of nitrogens with zero attached hydrogens (tertiary/aromatic N) is 2. The highest BCUT2D eigenvalue weighted by Crippen LogP contribution is 2.29. The van der Waals surface area contributed by atoms with Gasteiger partial charge in [-0.15, -0.1) is 0 Å². The number of nitrogens with two attached hydrogens (primary N) is 1. The van der Waals surface area contributed by atoms with E-state index in [2.05, 4.69) is 12.2 Å². The molecule has 0 spiro atoms. The fourth-order valence-electron chi connectivity index (χ4n) is 2.58. The van der Waals surface area contributed by atoms with E-state index in [1.54, 1.807) is 12.1 Å². The van der Waals surface area contributed by atoms with Crippen LogP contribution in [0.3, 0.4) is 0 Å². The molecule has 1 aromatic rings. The summed E-state index contributed by atoms with van der Waals surface area (Å²) in [6.45, 7) is 6.14. The maximum absolute atomic E-state index is 14.3. The molecule has 0 radical (unpaired) electrons. The molecule has 2 aliphatic rings. The Balaban J connectivity index is 0.000000511. The zero-order chi connectivity index (χ0) is 18.4. The van der Waals surface area contributed by atoms with E-state index in [0.29, 0.717) is 17.9 Å². The summed E-state index contributed by atoms with van der Waals surface area (Å²) in [7, 11) is 0. The molecule has 0 aliphatic carbocycles. The van der Waals surface area contributed by atoms with Gasteiger partial charge in [-0.3, -0.25) is 4.90 Å². The normalized spacial score (nSPS) is 20.0. The van der Waals surface area contributed by atoms with Gasteiger partial charge in [0.1, 0.15) is 11.9 Å². The Morgan fingerprint density at radius 3 is 2.56 bits per heavy atom. The van der Waals surface area contributed by atoms with Gasteiger partial charge in [0, 0.05) is 31.1 Å². The Hall–Kier alpha value is -1.38. The SMILES string of the molecule is CC(C)=S.NC[C@H]1CN(c2ccc(N3CCSCC3)c(F)c2)C(=O)O1. The van der Waals surface area contributed by atoms with E-state index in [0.717, 1.165) is 29.5 Å². The van der Waals surface area contributed by atoms with Crippen LogP contribution >= 0.6 is 24.0 Å². The summed E-state index contributed by atoms with van der Waals surface area (Å²) in [5.74, 6) is 1.72. The van der Waals surface area contributed by atoms with Crippen LogP contribution in [-0.2, 0) is 4.74 Å². The van der Waals surface area contributed by atoms with Crippen LogP contribution in [0.5, 0.6) is 0 Å². The maximum atomic E-state index is 14.3. The van der Waals surface area contributed by atoms with Gasteiger partial charge in [0.15, 0.2) is 0 Å². The molecule has 0 aromatic heterocycles. The van der Waals surface area contributed by atoms with Gasteiger partial charge in [-0.25, -0.2) is 9.18 Å². The molecule has 25 heavy (non-hydrogen) atoms. The first-order valence-corrected chi connectivity index (χ1v) is 9.76. The molecule has 8 heteroatoms. The molecule has 1 amide bonds. The number of benzene rings is 1. The first-order valence-electron chi connectivity index (χ1n) is 8.20. The Morgan fingerprint density at radius 2 is 2.04 bits per heavy atom. The van der Waals surface area contributed by atoms with Gasteiger partial charge in [-0.05, 0) is 36.9 Å². The van der Waals surface area contributed by atoms with Crippen molar-refractivity contribution in [2.24, 2.45) is 5.73 Å². The lowest BCUT2D eigenvalue weighted by Crippen LogP contribution is -2.33. The fraction of sp³-hybridized carbons (Fsp3) is 0.529. The van der Waals surface area contributed by atoms with Crippen LogP contribution in [0.4, 0.5) is 20.6 Å². The number of thiocarbonyl (C=S) groups is 1. The van der Waals surface area contributed by atoms with Crippen molar-refractivity contribution in [3.63, 3.8) is 0 Å². The van der Waals surface area contributed by atoms with Crippen molar-refractivity contribution < 1.29 is 13.9 Å². The van der Waals surface area contributed by atoms with Gasteiger partial charge in [0.05, 0.1) is 17.9 Å². The lowest BCUT2D eigenvalue weighted by atomic mass is 10.2. The van der Waals surface area contributed by atoms with Crippen LogP contribution in [0.25, 0.3) is 0 Å². The van der Waals surface area contributed by atoms with Gasteiger partial charge in [0.2, 0.25) is 0 Å². The molecule has 0 unspecified atom stereocenters. The van der Waals surface area contributed by atoms with Crippen molar-refractivity contribution in [3.05, 3.63) is 24.0 Å². The minimum atomic E-state index is -0.466. The number of amides is 1. The molecule has 1 atom stereocenters. The zero-order valence-corrected chi connectivity index (χ0v) is 16.2. The highest BCUT2D eigenvalue weighted by atomic mass is 32.2. The average Bonchev–Trinajstić information content (AvgIpc) is 2.96. The monoisotopic (exact) mass is 385 g/mol. The molecule has 0 saturated carbocycles.